The third kappa shape index (κ3) is 2.97. The highest BCUT2D eigenvalue weighted by Gasteiger charge is 2.24. The van der Waals surface area contributed by atoms with Gasteiger partial charge in [-0.25, -0.2) is 4.98 Å². The summed E-state index contributed by atoms with van der Waals surface area (Å²) in [6.45, 7) is 2.03. The Morgan fingerprint density at radius 1 is 1.35 bits per heavy atom. The van der Waals surface area contributed by atoms with Crippen molar-refractivity contribution in [3.63, 3.8) is 0 Å². The number of ether oxygens (including phenoxy) is 1. The number of hydrogen-bond donors (Lipinski definition) is 1. The number of hydrogen-bond acceptors (Lipinski definition) is 7. The molecule has 0 aliphatic carbocycles. The Labute approximate surface area is 115 Å². The van der Waals surface area contributed by atoms with E-state index in [1.807, 2.05) is 12.1 Å². The smallest absolute Gasteiger partial charge is 0.372 e. The van der Waals surface area contributed by atoms with Gasteiger partial charge in [0.15, 0.2) is 0 Å². The zero-order valence-corrected chi connectivity index (χ0v) is 11.0. The van der Waals surface area contributed by atoms with Crippen LogP contribution in [-0.2, 0) is 6.54 Å². The van der Waals surface area contributed by atoms with Gasteiger partial charge in [0.25, 0.3) is 5.88 Å². The molecule has 0 spiro atoms. The van der Waals surface area contributed by atoms with Gasteiger partial charge in [-0.2, -0.15) is 4.98 Å². The first-order chi connectivity index (χ1) is 9.61. The first-order valence-corrected chi connectivity index (χ1v) is 5.81. The second-order valence-corrected chi connectivity index (χ2v) is 3.94. The van der Waals surface area contributed by atoms with Crippen molar-refractivity contribution >= 4 is 11.5 Å². The molecule has 0 bridgehead atoms. The molecule has 0 fully saturated rings. The summed E-state index contributed by atoms with van der Waals surface area (Å²) in [5.41, 5.74) is 0.664. The quantitative estimate of drug-likeness (QED) is 0.654. The summed E-state index contributed by atoms with van der Waals surface area (Å²) < 4.78 is 4.94. The lowest BCUT2D eigenvalue weighted by Gasteiger charge is -2.09. The van der Waals surface area contributed by atoms with Crippen LogP contribution in [0.1, 0.15) is 11.4 Å². The molecule has 104 valence electrons. The molecule has 2 rings (SSSR count). The van der Waals surface area contributed by atoms with Gasteiger partial charge in [-0.05, 0) is 24.6 Å². The van der Waals surface area contributed by atoms with Crippen LogP contribution < -0.4 is 10.1 Å². The highest BCUT2D eigenvalue weighted by atomic mass is 16.6. The average Bonchev–Trinajstić information content (AvgIpc) is 2.45. The molecule has 0 aliphatic rings. The van der Waals surface area contributed by atoms with E-state index in [0.29, 0.717) is 12.4 Å². The molecule has 0 aliphatic heterocycles. The number of methoxy groups -OCH3 is 1. The van der Waals surface area contributed by atoms with Crippen molar-refractivity contribution < 1.29 is 9.66 Å². The van der Waals surface area contributed by atoms with E-state index in [1.54, 1.807) is 19.3 Å². The summed E-state index contributed by atoms with van der Waals surface area (Å²) in [7, 11) is 1.33. The fraction of sp³-hybridized carbons (Fsp3) is 0.250. The number of rotatable bonds is 5. The Morgan fingerprint density at radius 2 is 2.05 bits per heavy atom. The minimum absolute atomic E-state index is 0.0558. The molecule has 0 atom stereocenters. The van der Waals surface area contributed by atoms with Gasteiger partial charge in [0.05, 0.1) is 12.0 Å². The second-order valence-electron chi connectivity index (χ2n) is 3.94. The van der Waals surface area contributed by atoms with Gasteiger partial charge < -0.3 is 10.1 Å². The maximum atomic E-state index is 11.1. The molecule has 0 saturated carbocycles. The molecule has 2 heterocycles. The number of anilines is 1. The van der Waals surface area contributed by atoms with Gasteiger partial charge in [-0.3, -0.25) is 15.1 Å². The normalized spacial score (nSPS) is 10.1. The molecule has 0 amide bonds. The highest BCUT2D eigenvalue weighted by molar-refractivity contribution is 5.61. The van der Waals surface area contributed by atoms with E-state index in [4.69, 9.17) is 4.74 Å². The number of aromatic nitrogens is 3. The van der Waals surface area contributed by atoms with Crippen LogP contribution in [0.4, 0.5) is 11.5 Å². The third-order valence-corrected chi connectivity index (χ3v) is 2.55. The van der Waals surface area contributed by atoms with Gasteiger partial charge in [0.2, 0.25) is 5.82 Å². The lowest BCUT2D eigenvalue weighted by atomic mass is 10.2. The molecule has 0 aromatic carbocycles. The molecular weight excluding hydrogens is 262 g/mol. The van der Waals surface area contributed by atoms with Crippen molar-refractivity contribution in [3.05, 3.63) is 46.0 Å². The summed E-state index contributed by atoms with van der Waals surface area (Å²) in [4.78, 5) is 22.4. The monoisotopic (exact) mass is 275 g/mol. The Morgan fingerprint density at radius 3 is 2.65 bits per heavy atom. The van der Waals surface area contributed by atoms with Crippen molar-refractivity contribution in [1.29, 1.82) is 0 Å². The van der Waals surface area contributed by atoms with E-state index in [9.17, 15) is 10.1 Å². The average molecular weight is 275 g/mol. The lowest BCUT2D eigenvalue weighted by molar-refractivity contribution is -0.385. The van der Waals surface area contributed by atoms with E-state index >= 15 is 0 Å². The van der Waals surface area contributed by atoms with Crippen molar-refractivity contribution in [3.8, 4) is 5.88 Å². The maximum Gasteiger partial charge on any atom is 0.372 e. The zero-order chi connectivity index (χ0) is 14.5. The number of pyridine rings is 1. The minimum atomic E-state index is -0.562. The van der Waals surface area contributed by atoms with E-state index < -0.39 is 4.92 Å². The molecule has 0 saturated heterocycles. The molecule has 0 radical (unpaired) electrons. The van der Waals surface area contributed by atoms with Crippen LogP contribution in [0.5, 0.6) is 5.88 Å². The topological polar surface area (TPSA) is 103 Å². The summed E-state index contributed by atoms with van der Waals surface area (Å²) in [5, 5.41) is 14.0. The molecule has 0 unspecified atom stereocenters. The molecule has 2 aromatic rings. The zero-order valence-electron chi connectivity index (χ0n) is 11.0. The minimum Gasteiger partial charge on any atom is -0.476 e. The predicted octanol–water partition coefficient (Wildman–Crippen LogP) is 1.71. The van der Waals surface area contributed by atoms with Crippen LogP contribution >= 0.6 is 0 Å². The van der Waals surface area contributed by atoms with E-state index in [1.165, 1.54) is 7.11 Å². The van der Waals surface area contributed by atoms with Crippen molar-refractivity contribution in [2.45, 2.75) is 13.5 Å². The molecule has 20 heavy (non-hydrogen) atoms. The number of nitrogens with zero attached hydrogens (tertiary/aromatic N) is 4. The molecule has 8 heteroatoms. The fourth-order valence-corrected chi connectivity index (χ4v) is 1.66. The third-order valence-electron chi connectivity index (χ3n) is 2.55. The summed E-state index contributed by atoms with van der Waals surface area (Å²) in [6, 6.07) is 3.62. The van der Waals surface area contributed by atoms with E-state index in [-0.39, 0.29) is 17.4 Å². The first kappa shape index (κ1) is 13.7. The highest BCUT2D eigenvalue weighted by Crippen LogP contribution is 2.31. The fourth-order valence-electron chi connectivity index (χ4n) is 1.66. The van der Waals surface area contributed by atoms with Gasteiger partial charge in [0.1, 0.15) is 5.82 Å². The maximum absolute atomic E-state index is 11.1. The van der Waals surface area contributed by atoms with Gasteiger partial charge in [-0.15, -0.1) is 0 Å². The van der Waals surface area contributed by atoms with Crippen LogP contribution in [0.3, 0.4) is 0 Å². The lowest BCUT2D eigenvalue weighted by Crippen LogP contribution is -2.08. The van der Waals surface area contributed by atoms with Crippen LogP contribution in [0, 0.1) is 17.0 Å². The van der Waals surface area contributed by atoms with Crippen molar-refractivity contribution in [2.24, 2.45) is 0 Å². The second kappa shape index (κ2) is 5.91. The SMILES string of the molecule is COc1nc(C)nc(NCc2ccncc2)c1[N+](=O)[O-]. The van der Waals surface area contributed by atoms with Crippen molar-refractivity contribution in [1.82, 2.24) is 15.0 Å². The Hall–Kier alpha value is -2.77. The van der Waals surface area contributed by atoms with Gasteiger partial charge in [-0.1, -0.05) is 0 Å². The Kier molecular flexibility index (Phi) is 4.04. The summed E-state index contributed by atoms with van der Waals surface area (Å²) in [6.07, 6.45) is 3.30. The largest absolute Gasteiger partial charge is 0.476 e. The van der Waals surface area contributed by atoms with Crippen LogP contribution in [0.25, 0.3) is 0 Å². The summed E-state index contributed by atoms with van der Waals surface area (Å²) >= 11 is 0. The standard InChI is InChI=1S/C12H13N5O3/c1-8-15-11(10(17(18)19)12(16-8)20-2)14-7-9-3-5-13-6-4-9/h3-6H,7H2,1-2H3,(H,14,15,16). The predicted molar refractivity (Wildman–Crippen MR) is 71.5 cm³/mol. The first-order valence-electron chi connectivity index (χ1n) is 5.81. The number of nitro groups is 1. The molecule has 1 N–H and O–H groups in total. The Balaban J connectivity index is 2.30. The Bertz CT molecular complexity index is 618. The number of aryl methyl sites for hydroxylation is 1. The molecule has 2 aromatic heterocycles. The van der Waals surface area contributed by atoms with E-state index in [2.05, 4.69) is 20.3 Å². The van der Waals surface area contributed by atoms with Crippen LogP contribution in [0.15, 0.2) is 24.5 Å². The van der Waals surface area contributed by atoms with Crippen molar-refractivity contribution in [2.75, 3.05) is 12.4 Å². The van der Waals surface area contributed by atoms with Gasteiger partial charge >= 0.3 is 5.69 Å². The van der Waals surface area contributed by atoms with Gasteiger partial charge in [0, 0.05) is 18.9 Å². The molecular formula is C12H13N5O3. The number of nitrogens with one attached hydrogen (secondary N) is 1. The van der Waals surface area contributed by atoms with Crippen LogP contribution in [0.2, 0.25) is 0 Å². The molecule has 8 nitrogen and oxygen atoms in total. The van der Waals surface area contributed by atoms with E-state index in [0.717, 1.165) is 5.56 Å². The summed E-state index contributed by atoms with van der Waals surface area (Å²) in [5.74, 6) is 0.473. The van der Waals surface area contributed by atoms with Crippen LogP contribution in [-0.4, -0.2) is 27.0 Å².